The number of carboxylic acid groups (broad SMARTS) is 1. The van der Waals surface area contributed by atoms with Crippen molar-refractivity contribution in [2.75, 3.05) is 6.61 Å². The van der Waals surface area contributed by atoms with Crippen LogP contribution in [0.4, 0.5) is 0 Å². The normalized spacial score (nSPS) is 12.6. The van der Waals surface area contributed by atoms with Crippen LogP contribution < -0.4 is 10.1 Å². The third-order valence-corrected chi connectivity index (χ3v) is 3.24. The van der Waals surface area contributed by atoms with Gasteiger partial charge in [0.15, 0.2) is 0 Å². The van der Waals surface area contributed by atoms with Crippen molar-refractivity contribution in [1.82, 2.24) is 5.32 Å². The van der Waals surface area contributed by atoms with Crippen LogP contribution in [0.3, 0.4) is 0 Å². The van der Waals surface area contributed by atoms with E-state index in [2.05, 4.69) is 5.32 Å². The Morgan fingerprint density at radius 2 is 1.92 bits per heavy atom. The maximum atomic E-state index is 12.2. The van der Waals surface area contributed by atoms with Gasteiger partial charge in [0, 0.05) is 12.5 Å². The Bertz CT molecular complexity index is 656. The molecule has 0 fully saturated rings. The van der Waals surface area contributed by atoms with E-state index in [-0.39, 0.29) is 24.3 Å². The van der Waals surface area contributed by atoms with E-state index in [1.807, 2.05) is 0 Å². The van der Waals surface area contributed by atoms with E-state index in [1.54, 1.807) is 6.92 Å². The number of amides is 1. The molecule has 0 radical (unpaired) electrons. The topological polar surface area (TPSA) is 119 Å². The molecular weight excluding hydrogens is 330 g/mol. The average Bonchev–Trinajstić information content (AvgIpc) is 2.53. The molecule has 136 valence electrons. The van der Waals surface area contributed by atoms with Gasteiger partial charge in [0.25, 0.3) is 5.91 Å². The minimum atomic E-state index is -1.26. The summed E-state index contributed by atoms with van der Waals surface area (Å²) in [7, 11) is 0. The molecule has 0 saturated heterocycles. The Labute approximate surface area is 145 Å². The van der Waals surface area contributed by atoms with Gasteiger partial charge in [-0.1, -0.05) is 13.0 Å². The van der Waals surface area contributed by atoms with Gasteiger partial charge >= 0.3 is 17.9 Å². The van der Waals surface area contributed by atoms with Crippen molar-refractivity contribution in [2.45, 2.75) is 33.2 Å². The Morgan fingerprint density at radius 3 is 2.48 bits per heavy atom. The van der Waals surface area contributed by atoms with Gasteiger partial charge in [0.1, 0.15) is 11.8 Å². The summed E-state index contributed by atoms with van der Waals surface area (Å²) in [5.74, 6) is -3.50. The molecule has 2 N–H and O–H groups in total. The summed E-state index contributed by atoms with van der Waals surface area (Å²) < 4.78 is 9.72. The molecule has 1 aromatic rings. The first kappa shape index (κ1) is 20.1. The van der Waals surface area contributed by atoms with E-state index in [1.165, 1.54) is 38.1 Å². The molecule has 0 aliphatic rings. The number of hydrogen-bond acceptors (Lipinski definition) is 6. The van der Waals surface area contributed by atoms with Crippen LogP contribution in [0.25, 0.3) is 0 Å². The van der Waals surface area contributed by atoms with Crippen molar-refractivity contribution in [3.63, 3.8) is 0 Å². The lowest BCUT2D eigenvalue weighted by molar-refractivity contribution is -0.148. The first-order chi connectivity index (χ1) is 11.7. The molecule has 25 heavy (non-hydrogen) atoms. The van der Waals surface area contributed by atoms with Crippen molar-refractivity contribution in [2.24, 2.45) is 5.92 Å². The molecule has 1 amide bonds. The number of carboxylic acids is 1. The van der Waals surface area contributed by atoms with Crippen molar-refractivity contribution in [3.8, 4) is 5.75 Å². The summed E-state index contributed by atoms with van der Waals surface area (Å²) in [6, 6.07) is 4.52. The molecule has 0 saturated carbocycles. The Kier molecular flexibility index (Phi) is 7.58. The summed E-state index contributed by atoms with van der Waals surface area (Å²) >= 11 is 0. The molecule has 0 unspecified atom stereocenters. The Balaban J connectivity index is 2.81. The maximum Gasteiger partial charge on any atom is 0.326 e. The molecule has 0 heterocycles. The van der Waals surface area contributed by atoms with Crippen LogP contribution in [0.1, 0.15) is 37.6 Å². The van der Waals surface area contributed by atoms with E-state index >= 15 is 0 Å². The molecule has 0 aliphatic carbocycles. The van der Waals surface area contributed by atoms with E-state index < -0.39 is 35.8 Å². The average molecular weight is 351 g/mol. The highest BCUT2D eigenvalue weighted by molar-refractivity contribution is 5.97. The molecule has 0 bridgehead atoms. The lowest BCUT2D eigenvalue weighted by atomic mass is 10.0. The largest absolute Gasteiger partial charge is 0.480 e. The zero-order valence-corrected chi connectivity index (χ0v) is 14.3. The van der Waals surface area contributed by atoms with Gasteiger partial charge in [-0.2, -0.15) is 0 Å². The number of hydrogen-bond donors (Lipinski definition) is 2. The molecule has 1 aromatic carbocycles. The number of carbonyl (C=O) groups excluding carboxylic acids is 3. The molecule has 2 atom stereocenters. The standard InChI is InChI=1S/C17H21NO7/c1-4-24-17(23)10(2)8-14(16(21)22)18-15(20)12-6-5-7-13(9-12)25-11(3)19/h5-7,9-10,14H,4,8H2,1-3H3,(H,18,20)(H,21,22)/t10-,14-/m1/s1. The zero-order chi connectivity index (χ0) is 19.0. The Hall–Kier alpha value is -2.90. The first-order valence-electron chi connectivity index (χ1n) is 7.73. The fourth-order valence-corrected chi connectivity index (χ4v) is 2.06. The monoisotopic (exact) mass is 351 g/mol. The van der Waals surface area contributed by atoms with Gasteiger partial charge in [-0.05, 0) is 31.5 Å². The lowest BCUT2D eigenvalue weighted by Crippen LogP contribution is -2.42. The maximum absolute atomic E-state index is 12.2. The van der Waals surface area contributed by atoms with Crippen LogP contribution in [0.2, 0.25) is 0 Å². The van der Waals surface area contributed by atoms with Crippen LogP contribution in [-0.2, 0) is 19.1 Å². The van der Waals surface area contributed by atoms with Gasteiger partial charge in [-0.3, -0.25) is 14.4 Å². The number of carbonyl (C=O) groups is 4. The van der Waals surface area contributed by atoms with Gasteiger partial charge in [0.2, 0.25) is 0 Å². The van der Waals surface area contributed by atoms with Crippen LogP contribution >= 0.6 is 0 Å². The molecule has 1 rings (SSSR count). The van der Waals surface area contributed by atoms with E-state index in [9.17, 15) is 24.3 Å². The quantitative estimate of drug-likeness (QED) is 0.536. The van der Waals surface area contributed by atoms with Crippen LogP contribution in [-0.4, -0.2) is 41.6 Å². The molecule has 8 heteroatoms. The van der Waals surface area contributed by atoms with E-state index in [4.69, 9.17) is 9.47 Å². The van der Waals surface area contributed by atoms with Gasteiger partial charge in [-0.25, -0.2) is 4.79 Å². The number of ether oxygens (including phenoxy) is 2. The number of nitrogens with one attached hydrogen (secondary N) is 1. The number of rotatable bonds is 8. The lowest BCUT2D eigenvalue weighted by Gasteiger charge is -2.18. The molecule has 0 spiro atoms. The minimum Gasteiger partial charge on any atom is -0.480 e. The van der Waals surface area contributed by atoms with E-state index in [0.717, 1.165) is 0 Å². The predicted molar refractivity (Wildman–Crippen MR) is 87.1 cm³/mol. The van der Waals surface area contributed by atoms with Crippen LogP contribution in [0, 0.1) is 5.92 Å². The second-order valence-corrected chi connectivity index (χ2v) is 5.37. The van der Waals surface area contributed by atoms with Gasteiger partial charge in [0.05, 0.1) is 12.5 Å². The van der Waals surface area contributed by atoms with Crippen molar-refractivity contribution >= 4 is 23.8 Å². The van der Waals surface area contributed by atoms with Crippen LogP contribution in [0.15, 0.2) is 24.3 Å². The molecule has 0 aromatic heterocycles. The SMILES string of the molecule is CCOC(=O)[C@H](C)C[C@@H](NC(=O)c1cccc(OC(C)=O)c1)C(=O)O. The smallest absolute Gasteiger partial charge is 0.326 e. The van der Waals surface area contributed by atoms with Gasteiger partial charge in [-0.15, -0.1) is 0 Å². The highest BCUT2D eigenvalue weighted by atomic mass is 16.5. The molecule has 8 nitrogen and oxygen atoms in total. The molecule has 0 aliphatic heterocycles. The van der Waals surface area contributed by atoms with Crippen molar-refractivity contribution in [3.05, 3.63) is 29.8 Å². The zero-order valence-electron chi connectivity index (χ0n) is 14.3. The predicted octanol–water partition coefficient (Wildman–Crippen LogP) is 1.38. The highest BCUT2D eigenvalue weighted by Crippen LogP contribution is 2.15. The third-order valence-electron chi connectivity index (χ3n) is 3.24. The number of benzene rings is 1. The summed E-state index contributed by atoms with van der Waals surface area (Å²) in [6.45, 7) is 4.60. The van der Waals surface area contributed by atoms with Gasteiger partial charge < -0.3 is 19.9 Å². The van der Waals surface area contributed by atoms with Crippen molar-refractivity contribution in [1.29, 1.82) is 0 Å². The Morgan fingerprint density at radius 1 is 1.24 bits per heavy atom. The summed E-state index contributed by atoms with van der Waals surface area (Å²) in [6.07, 6.45) is -0.108. The first-order valence-corrected chi connectivity index (χ1v) is 7.73. The van der Waals surface area contributed by atoms with Crippen molar-refractivity contribution < 1.29 is 33.8 Å². The number of esters is 2. The number of aliphatic carboxylic acids is 1. The highest BCUT2D eigenvalue weighted by Gasteiger charge is 2.27. The second-order valence-electron chi connectivity index (χ2n) is 5.37. The van der Waals surface area contributed by atoms with E-state index in [0.29, 0.717) is 0 Å². The summed E-state index contributed by atoms with van der Waals surface area (Å²) in [4.78, 5) is 46.2. The second kappa shape index (κ2) is 9.41. The molecular formula is C17H21NO7. The summed E-state index contributed by atoms with van der Waals surface area (Å²) in [5, 5.41) is 11.6. The van der Waals surface area contributed by atoms with Crippen LogP contribution in [0.5, 0.6) is 5.75 Å². The minimum absolute atomic E-state index is 0.108. The fourth-order valence-electron chi connectivity index (χ4n) is 2.06. The fraction of sp³-hybridized carbons (Fsp3) is 0.412. The third kappa shape index (κ3) is 6.62. The summed E-state index contributed by atoms with van der Waals surface area (Å²) in [5.41, 5.74) is 0.133.